The number of hydrogen-bond donors (Lipinski definition) is 0. The molecule has 1 aliphatic heterocycles. The Bertz CT molecular complexity index is 876. The maximum absolute atomic E-state index is 12.8. The third-order valence-electron chi connectivity index (χ3n) is 3.47. The zero-order valence-electron chi connectivity index (χ0n) is 11.5. The summed E-state index contributed by atoms with van der Waals surface area (Å²) in [5.41, 5.74) is 1.37. The Kier molecular flexibility index (Phi) is 3.67. The number of nitrogens with zero attached hydrogens (tertiary/aromatic N) is 1. The molecule has 7 heteroatoms. The van der Waals surface area contributed by atoms with Gasteiger partial charge in [-0.1, -0.05) is 40.9 Å². The Morgan fingerprint density at radius 1 is 1.09 bits per heavy atom. The van der Waals surface area contributed by atoms with E-state index in [-0.39, 0.29) is 33.5 Å². The van der Waals surface area contributed by atoms with Gasteiger partial charge >= 0.3 is 0 Å². The van der Waals surface area contributed by atoms with Crippen molar-refractivity contribution in [2.75, 3.05) is 10.8 Å². The normalized spacial score (nSPS) is 14.3. The van der Waals surface area contributed by atoms with Crippen LogP contribution >= 0.6 is 23.2 Å². The molecule has 3 rings (SSSR count). The highest BCUT2D eigenvalue weighted by molar-refractivity contribution is 7.93. The minimum Gasteiger partial charge on any atom is -0.292 e. The fraction of sp³-hybridized carbons (Fsp3) is 0.133. The van der Waals surface area contributed by atoms with Gasteiger partial charge in [0.25, 0.3) is 10.0 Å². The second-order valence-corrected chi connectivity index (χ2v) is 7.74. The third kappa shape index (κ3) is 2.39. The van der Waals surface area contributed by atoms with Crippen LogP contribution in [0.25, 0.3) is 0 Å². The van der Waals surface area contributed by atoms with Crippen LogP contribution in [0.5, 0.6) is 0 Å². The van der Waals surface area contributed by atoms with Gasteiger partial charge in [-0.05, 0) is 31.2 Å². The first-order valence-electron chi connectivity index (χ1n) is 6.42. The van der Waals surface area contributed by atoms with Crippen LogP contribution in [0.15, 0.2) is 41.3 Å². The summed E-state index contributed by atoms with van der Waals surface area (Å²) in [5, 5.41) is 0.440. The van der Waals surface area contributed by atoms with Gasteiger partial charge in [-0.15, -0.1) is 0 Å². The molecule has 0 saturated heterocycles. The van der Waals surface area contributed by atoms with Crippen molar-refractivity contribution in [3.05, 3.63) is 57.6 Å². The molecule has 0 spiro atoms. The number of anilines is 1. The molecule has 1 heterocycles. The average Bonchev–Trinajstić information content (AvgIpc) is 2.78. The van der Waals surface area contributed by atoms with Crippen molar-refractivity contribution in [2.24, 2.45) is 0 Å². The van der Waals surface area contributed by atoms with E-state index in [1.165, 1.54) is 24.3 Å². The van der Waals surface area contributed by atoms with Crippen molar-refractivity contribution >= 4 is 44.7 Å². The molecular weight excluding hydrogens is 345 g/mol. The molecule has 0 aliphatic carbocycles. The van der Waals surface area contributed by atoms with Gasteiger partial charge in [0.15, 0.2) is 5.78 Å². The summed E-state index contributed by atoms with van der Waals surface area (Å²) in [6.07, 6.45) is 0. The fourth-order valence-corrected chi connectivity index (χ4v) is 4.47. The number of ketones is 1. The second kappa shape index (κ2) is 5.26. The molecule has 0 fully saturated rings. The molecule has 0 radical (unpaired) electrons. The highest BCUT2D eigenvalue weighted by Crippen LogP contribution is 2.40. The van der Waals surface area contributed by atoms with E-state index in [0.717, 1.165) is 9.87 Å². The number of carbonyl (C=O) groups excluding carboxylic acids is 1. The molecule has 4 nitrogen and oxygen atoms in total. The highest BCUT2D eigenvalue weighted by Gasteiger charge is 2.37. The number of sulfonamides is 1. The number of fused-ring (bicyclic) bond motifs is 1. The monoisotopic (exact) mass is 355 g/mol. The largest absolute Gasteiger partial charge is 0.292 e. The van der Waals surface area contributed by atoms with Gasteiger partial charge in [0, 0.05) is 10.6 Å². The van der Waals surface area contributed by atoms with Gasteiger partial charge < -0.3 is 0 Å². The Balaban J connectivity index is 2.16. The molecule has 1 aliphatic rings. The quantitative estimate of drug-likeness (QED) is 0.825. The van der Waals surface area contributed by atoms with E-state index in [4.69, 9.17) is 23.2 Å². The van der Waals surface area contributed by atoms with Crippen LogP contribution in [-0.2, 0) is 10.0 Å². The zero-order chi connectivity index (χ0) is 16.1. The molecular formula is C15H11Cl2NO3S. The molecule has 0 atom stereocenters. The van der Waals surface area contributed by atoms with E-state index >= 15 is 0 Å². The Morgan fingerprint density at radius 3 is 2.36 bits per heavy atom. The maximum atomic E-state index is 12.8. The van der Waals surface area contributed by atoms with E-state index < -0.39 is 10.0 Å². The molecule has 0 amide bonds. The number of hydrogen-bond acceptors (Lipinski definition) is 3. The summed E-state index contributed by atoms with van der Waals surface area (Å²) in [7, 11) is -3.85. The fourth-order valence-electron chi connectivity index (χ4n) is 2.37. The summed E-state index contributed by atoms with van der Waals surface area (Å²) in [6, 6.07) is 9.30. The van der Waals surface area contributed by atoms with Gasteiger partial charge in [0.05, 0.1) is 22.2 Å². The van der Waals surface area contributed by atoms with Gasteiger partial charge in [-0.3, -0.25) is 9.10 Å². The van der Waals surface area contributed by atoms with Crippen LogP contribution in [0.3, 0.4) is 0 Å². The summed E-state index contributed by atoms with van der Waals surface area (Å²) in [6.45, 7) is 1.59. The van der Waals surface area contributed by atoms with Crippen LogP contribution in [0.2, 0.25) is 10.0 Å². The molecule has 0 bridgehead atoms. The van der Waals surface area contributed by atoms with Crippen molar-refractivity contribution in [1.82, 2.24) is 0 Å². The van der Waals surface area contributed by atoms with E-state index in [1.807, 2.05) is 6.92 Å². The summed E-state index contributed by atoms with van der Waals surface area (Å²) in [4.78, 5) is 12.2. The molecule has 2 aromatic carbocycles. The third-order valence-corrected chi connectivity index (χ3v) is 5.74. The second-order valence-electron chi connectivity index (χ2n) is 5.03. The van der Waals surface area contributed by atoms with E-state index in [1.54, 1.807) is 12.1 Å². The summed E-state index contributed by atoms with van der Waals surface area (Å²) < 4.78 is 26.6. The number of Topliss-reactive ketones (excluding diaryl/α,β-unsaturated/α-hetero) is 1. The number of carbonyl (C=O) groups is 1. The summed E-state index contributed by atoms with van der Waals surface area (Å²) >= 11 is 12.0. The molecule has 22 heavy (non-hydrogen) atoms. The van der Waals surface area contributed by atoms with Gasteiger partial charge in [0.1, 0.15) is 0 Å². The molecule has 0 N–H and O–H groups in total. The van der Waals surface area contributed by atoms with Crippen molar-refractivity contribution in [3.8, 4) is 0 Å². The van der Waals surface area contributed by atoms with Gasteiger partial charge in [-0.25, -0.2) is 8.42 Å². The van der Waals surface area contributed by atoms with Crippen LogP contribution in [0, 0.1) is 6.92 Å². The topological polar surface area (TPSA) is 54.5 Å². The van der Waals surface area contributed by atoms with E-state index in [9.17, 15) is 13.2 Å². The minimum absolute atomic E-state index is 0.116. The van der Waals surface area contributed by atoms with Crippen molar-refractivity contribution in [3.63, 3.8) is 0 Å². The molecule has 0 aromatic heterocycles. The van der Waals surface area contributed by atoms with Crippen LogP contribution in [-0.4, -0.2) is 20.7 Å². The Hall–Kier alpha value is -1.56. The average molecular weight is 356 g/mol. The SMILES string of the molecule is Cc1ccc(S(=O)(=O)N2CC(=O)c3cc(Cl)cc(Cl)c32)cc1. The van der Waals surface area contributed by atoms with E-state index in [2.05, 4.69) is 0 Å². The lowest BCUT2D eigenvalue weighted by atomic mass is 10.1. The molecule has 0 unspecified atom stereocenters. The van der Waals surface area contributed by atoms with E-state index in [0.29, 0.717) is 5.02 Å². The molecule has 0 saturated carbocycles. The number of aryl methyl sites for hydroxylation is 1. The lowest BCUT2D eigenvalue weighted by Crippen LogP contribution is -2.30. The minimum atomic E-state index is -3.85. The number of benzene rings is 2. The van der Waals surface area contributed by atoms with Crippen molar-refractivity contribution in [2.45, 2.75) is 11.8 Å². The highest BCUT2D eigenvalue weighted by atomic mass is 35.5. The first-order valence-corrected chi connectivity index (χ1v) is 8.62. The van der Waals surface area contributed by atoms with Crippen LogP contribution in [0.1, 0.15) is 15.9 Å². The smallest absolute Gasteiger partial charge is 0.264 e. The van der Waals surface area contributed by atoms with Crippen molar-refractivity contribution < 1.29 is 13.2 Å². The predicted molar refractivity (Wildman–Crippen MR) is 86.5 cm³/mol. The number of halogens is 2. The van der Waals surface area contributed by atoms with Gasteiger partial charge in [-0.2, -0.15) is 0 Å². The summed E-state index contributed by atoms with van der Waals surface area (Å²) in [5.74, 6) is -0.324. The molecule has 114 valence electrons. The molecule has 2 aromatic rings. The Labute approximate surface area is 138 Å². The predicted octanol–water partition coefficient (Wildman–Crippen LogP) is 3.69. The lowest BCUT2D eigenvalue weighted by molar-refractivity contribution is 0.101. The van der Waals surface area contributed by atoms with Crippen LogP contribution in [0.4, 0.5) is 5.69 Å². The lowest BCUT2D eigenvalue weighted by Gasteiger charge is -2.19. The van der Waals surface area contributed by atoms with Crippen molar-refractivity contribution in [1.29, 1.82) is 0 Å². The Morgan fingerprint density at radius 2 is 1.73 bits per heavy atom. The first-order chi connectivity index (χ1) is 10.3. The first kappa shape index (κ1) is 15.3. The standard InChI is InChI=1S/C15H11Cl2NO3S/c1-9-2-4-11(5-3-9)22(20,21)18-8-14(19)12-6-10(16)7-13(17)15(12)18/h2-7H,8H2,1H3. The maximum Gasteiger partial charge on any atom is 0.264 e. The number of rotatable bonds is 2. The van der Waals surface area contributed by atoms with Gasteiger partial charge in [0.2, 0.25) is 0 Å². The van der Waals surface area contributed by atoms with Crippen LogP contribution < -0.4 is 4.31 Å². The zero-order valence-corrected chi connectivity index (χ0v) is 13.8.